The number of hydrogen-bond acceptors (Lipinski definition) is 1. The van der Waals surface area contributed by atoms with Crippen LogP contribution in [-0.2, 0) is 22.8 Å². The number of Topliss-reactive ketones (excluding diaryl/α,β-unsaturated/α-hetero) is 1. The van der Waals surface area contributed by atoms with Crippen LogP contribution in [-0.4, -0.2) is 5.78 Å². The molecule has 0 aliphatic heterocycles. The fraction of sp³-hybridized carbons (Fsp3) is 0.417. The molecule has 0 amide bonds. The molecule has 0 radical (unpaired) electrons. The average molecular weight is 228 g/mol. The fourth-order valence-corrected chi connectivity index (χ4v) is 2.03. The van der Waals surface area contributed by atoms with Crippen LogP contribution in [0.1, 0.15) is 30.5 Å². The first-order valence-corrected chi connectivity index (χ1v) is 4.97. The molecule has 4 heteroatoms. The minimum atomic E-state index is -4.35. The molecule has 0 spiro atoms. The second kappa shape index (κ2) is 3.09. The van der Waals surface area contributed by atoms with E-state index >= 15 is 0 Å². The van der Waals surface area contributed by atoms with Crippen LogP contribution in [0.3, 0.4) is 0 Å². The molecule has 0 heterocycles. The average Bonchev–Trinajstić information content (AvgIpc) is 2.37. The third kappa shape index (κ3) is 1.52. The Morgan fingerprint density at radius 2 is 1.88 bits per heavy atom. The van der Waals surface area contributed by atoms with Crippen LogP contribution in [0.15, 0.2) is 18.2 Å². The van der Waals surface area contributed by atoms with Crippen molar-refractivity contribution in [3.63, 3.8) is 0 Å². The summed E-state index contributed by atoms with van der Waals surface area (Å²) in [6, 6.07) is 3.54. The van der Waals surface area contributed by atoms with Crippen LogP contribution in [0.4, 0.5) is 13.2 Å². The van der Waals surface area contributed by atoms with Crippen molar-refractivity contribution in [2.45, 2.75) is 31.9 Å². The molecule has 16 heavy (non-hydrogen) atoms. The number of halogens is 3. The van der Waals surface area contributed by atoms with Gasteiger partial charge in [0, 0.05) is 11.8 Å². The van der Waals surface area contributed by atoms with Crippen LogP contribution in [0, 0.1) is 0 Å². The Bertz CT molecular complexity index is 458. The van der Waals surface area contributed by atoms with Crippen molar-refractivity contribution in [3.8, 4) is 0 Å². The van der Waals surface area contributed by atoms with Crippen LogP contribution in [0.2, 0.25) is 0 Å². The highest BCUT2D eigenvalue weighted by molar-refractivity contribution is 5.95. The number of alkyl halides is 3. The summed E-state index contributed by atoms with van der Waals surface area (Å²) in [5, 5.41) is 0. The predicted molar refractivity (Wildman–Crippen MR) is 53.2 cm³/mol. The van der Waals surface area contributed by atoms with E-state index in [-0.39, 0.29) is 12.2 Å². The van der Waals surface area contributed by atoms with Crippen molar-refractivity contribution in [1.29, 1.82) is 0 Å². The third-order valence-corrected chi connectivity index (χ3v) is 3.16. The lowest BCUT2D eigenvalue weighted by molar-refractivity contribution is -0.137. The molecule has 1 aromatic carbocycles. The molecule has 1 aliphatic carbocycles. The van der Waals surface area contributed by atoms with Gasteiger partial charge >= 0.3 is 6.18 Å². The fourth-order valence-electron chi connectivity index (χ4n) is 2.03. The zero-order valence-corrected chi connectivity index (χ0v) is 8.98. The van der Waals surface area contributed by atoms with Gasteiger partial charge in [0.1, 0.15) is 5.78 Å². The number of benzene rings is 1. The lowest BCUT2D eigenvalue weighted by Crippen LogP contribution is -2.23. The Morgan fingerprint density at radius 1 is 1.25 bits per heavy atom. The van der Waals surface area contributed by atoms with Gasteiger partial charge in [0.15, 0.2) is 0 Å². The summed E-state index contributed by atoms with van der Waals surface area (Å²) in [7, 11) is 0. The minimum Gasteiger partial charge on any atom is -0.298 e. The number of carbonyl (C=O) groups is 1. The molecule has 2 rings (SSSR count). The van der Waals surface area contributed by atoms with Gasteiger partial charge in [0.25, 0.3) is 0 Å². The molecule has 86 valence electrons. The monoisotopic (exact) mass is 228 g/mol. The maximum Gasteiger partial charge on any atom is 0.416 e. The molecule has 0 bridgehead atoms. The van der Waals surface area contributed by atoms with Gasteiger partial charge in [0.05, 0.1) is 5.56 Å². The first-order chi connectivity index (χ1) is 7.23. The van der Waals surface area contributed by atoms with Crippen LogP contribution < -0.4 is 0 Å². The Kier molecular flexibility index (Phi) is 2.16. The second-order valence-electron chi connectivity index (χ2n) is 4.59. The van der Waals surface area contributed by atoms with Gasteiger partial charge in [0.2, 0.25) is 0 Å². The zero-order chi connectivity index (χ0) is 12.1. The quantitative estimate of drug-likeness (QED) is 0.666. The Labute approximate surface area is 91.3 Å². The van der Waals surface area contributed by atoms with E-state index in [9.17, 15) is 18.0 Å². The highest BCUT2D eigenvalue weighted by Gasteiger charge is 2.40. The highest BCUT2D eigenvalue weighted by Crippen LogP contribution is 2.39. The van der Waals surface area contributed by atoms with Gasteiger partial charge in [-0.15, -0.1) is 0 Å². The van der Waals surface area contributed by atoms with E-state index < -0.39 is 17.2 Å². The largest absolute Gasteiger partial charge is 0.416 e. The molecular formula is C12H11F3O. The molecule has 0 unspecified atom stereocenters. The maximum absolute atomic E-state index is 12.5. The van der Waals surface area contributed by atoms with Gasteiger partial charge in [-0.25, -0.2) is 0 Å². The smallest absolute Gasteiger partial charge is 0.298 e. The molecule has 0 N–H and O–H groups in total. The molecule has 0 fully saturated rings. The van der Waals surface area contributed by atoms with Crippen LogP contribution >= 0.6 is 0 Å². The van der Waals surface area contributed by atoms with Crippen molar-refractivity contribution in [2.75, 3.05) is 0 Å². The Morgan fingerprint density at radius 3 is 2.44 bits per heavy atom. The summed E-state index contributed by atoms with van der Waals surface area (Å²) in [6.07, 6.45) is -4.11. The zero-order valence-electron chi connectivity index (χ0n) is 8.98. The van der Waals surface area contributed by atoms with E-state index in [1.165, 1.54) is 6.07 Å². The van der Waals surface area contributed by atoms with Gasteiger partial charge in [-0.2, -0.15) is 13.2 Å². The minimum absolute atomic E-state index is 0.0261. The predicted octanol–water partition coefficient (Wildman–Crippen LogP) is 3.11. The SMILES string of the molecule is CC1(C)C(=O)Cc2ccc(C(F)(F)F)cc21. The van der Waals surface area contributed by atoms with Gasteiger partial charge in [-0.1, -0.05) is 6.07 Å². The van der Waals surface area contributed by atoms with Crippen molar-refractivity contribution >= 4 is 5.78 Å². The number of carbonyl (C=O) groups excluding carboxylic acids is 1. The van der Waals surface area contributed by atoms with E-state index in [0.29, 0.717) is 11.1 Å². The van der Waals surface area contributed by atoms with E-state index in [2.05, 4.69) is 0 Å². The van der Waals surface area contributed by atoms with E-state index in [1.54, 1.807) is 13.8 Å². The second-order valence-corrected chi connectivity index (χ2v) is 4.59. The molecule has 0 saturated carbocycles. The molecule has 1 aliphatic rings. The lowest BCUT2D eigenvalue weighted by atomic mass is 9.85. The van der Waals surface area contributed by atoms with Crippen molar-refractivity contribution in [2.24, 2.45) is 0 Å². The summed E-state index contributed by atoms with van der Waals surface area (Å²) in [6.45, 7) is 3.34. The normalized spacial score (nSPS) is 18.7. The molecular weight excluding hydrogens is 217 g/mol. The summed E-state index contributed by atoms with van der Waals surface area (Å²) < 4.78 is 37.6. The summed E-state index contributed by atoms with van der Waals surface area (Å²) >= 11 is 0. The maximum atomic E-state index is 12.5. The number of fused-ring (bicyclic) bond motifs is 1. The topological polar surface area (TPSA) is 17.1 Å². The molecule has 0 aromatic heterocycles. The number of ketones is 1. The standard InChI is InChI=1S/C12H11F3O/c1-11(2)9-6-8(12(13,14)15)4-3-7(9)5-10(11)16/h3-4,6H,5H2,1-2H3. The third-order valence-electron chi connectivity index (χ3n) is 3.16. The van der Waals surface area contributed by atoms with Gasteiger partial charge in [-0.05, 0) is 37.1 Å². The first-order valence-electron chi connectivity index (χ1n) is 4.97. The molecule has 1 aromatic rings. The Hall–Kier alpha value is -1.32. The first kappa shape index (κ1) is 11.2. The van der Waals surface area contributed by atoms with Gasteiger partial charge in [-0.3, -0.25) is 4.79 Å². The highest BCUT2D eigenvalue weighted by atomic mass is 19.4. The summed E-state index contributed by atoms with van der Waals surface area (Å²) in [4.78, 5) is 11.6. The Balaban J connectivity index is 2.57. The van der Waals surface area contributed by atoms with Crippen molar-refractivity contribution in [1.82, 2.24) is 0 Å². The van der Waals surface area contributed by atoms with Crippen LogP contribution in [0.25, 0.3) is 0 Å². The lowest BCUT2D eigenvalue weighted by Gasteiger charge is -2.18. The van der Waals surface area contributed by atoms with Gasteiger partial charge < -0.3 is 0 Å². The number of rotatable bonds is 0. The number of hydrogen-bond donors (Lipinski definition) is 0. The van der Waals surface area contributed by atoms with Crippen molar-refractivity contribution < 1.29 is 18.0 Å². The molecule has 0 atom stereocenters. The van der Waals surface area contributed by atoms with Crippen LogP contribution in [0.5, 0.6) is 0 Å². The van der Waals surface area contributed by atoms with E-state index in [4.69, 9.17) is 0 Å². The summed E-state index contributed by atoms with van der Waals surface area (Å²) in [5.41, 5.74) is -0.263. The van der Waals surface area contributed by atoms with Crippen molar-refractivity contribution in [3.05, 3.63) is 34.9 Å². The van der Waals surface area contributed by atoms with E-state index in [0.717, 1.165) is 12.1 Å². The molecule has 1 nitrogen and oxygen atoms in total. The summed E-state index contributed by atoms with van der Waals surface area (Å²) in [5.74, 6) is -0.0261. The molecule has 0 saturated heterocycles. The van der Waals surface area contributed by atoms with E-state index in [1.807, 2.05) is 0 Å².